The third-order valence-electron chi connectivity index (χ3n) is 5.61. The Bertz CT molecular complexity index is 765. The van der Waals surface area contributed by atoms with Gasteiger partial charge < -0.3 is 13.9 Å². The molecule has 1 rings (SSSR count). The van der Waals surface area contributed by atoms with Gasteiger partial charge in [0.05, 0.1) is 19.8 Å². The average molecular weight is 464 g/mol. The minimum Gasteiger partial charge on any atom is -0.467 e. The summed E-state index contributed by atoms with van der Waals surface area (Å²) >= 11 is 0. The molecule has 6 nitrogen and oxygen atoms in total. The maximum absolute atomic E-state index is 13.3. The second-order valence-corrected chi connectivity index (χ2v) is 15.3. The fourth-order valence-electron chi connectivity index (χ4n) is 2.94. The maximum Gasteiger partial charge on any atom is 0.411 e. The number of carbonyl (C=O) groups excluding carboxylic acids is 2. The van der Waals surface area contributed by atoms with Crippen LogP contribution in [-0.4, -0.2) is 50.1 Å². The summed E-state index contributed by atoms with van der Waals surface area (Å²) < 4.78 is 17.5. The van der Waals surface area contributed by atoms with Crippen LogP contribution in [0.2, 0.25) is 18.1 Å². The minimum absolute atomic E-state index is 0.0801. The van der Waals surface area contributed by atoms with Gasteiger partial charge in [0.2, 0.25) is 0 Å². The van der Waals surface area contributed by atoms with Gasteiger partial charge in [-0.25, -0.2) is 9.59 Å². The number of ether oxygens (including phenoxy) is 2. The Kier molecular flexibility index (Phi) is 9.72. The zero-order valence-corrected chi connectivity index (χ0v) is 22.2. The Labute approximate surface area is 195 Å². The first-order chi connectivity index (χ1) is 14.6. The van der Waals surface area contributed by atoms with Crippen LogP contribution in [0.15, 0.2) is 43.0 Å². The van der Waals surface area contributed by atoms with Crippen LogP contribution in [0.3, 0.4) is 0 Å². The molecule has 0 radical (unpaired) electrons. The number of hydrogen-bond donors (Lipinski definition) is 0. The molecule has 7 heteroatoms. The molecular formula is C25H41NO5Si. The van der Waals surface area contributed by atoms with E-state index in [4.69, 9.17) is 13.9 Å². The van der Waals surface area contributed by atoms with Gasteiger partial charge in [0.1, 0.15) is 5.60 Å². The quantitative estimate of drug-likeness (QED) is 0.258. The second kappa shape index (κ2) is 11.1. The van der Waals surface area contributed by atoms with E-state index in [1.165, 1.54) is 12.0 Å². The fraction of sp³-hybridized carbons (Fsp3) is 0.600. The van der Waals surface area contributed by atoms with Crippen LogP contribution in [0.4, 0.5) is 4.79 Å². The van der Waals surface area contributed by atoms with Gasteiger partial charge in [0.25, 0.3) is 0 Å². The first-order valence-electron chi connectivity index (χ1n) is 11.0. The zero-order chi connectivity index (χ0) is 24.7. The van der Waals surface area contributed by atoms with Crippen LogP contribution in [0.25, 0.3) is 0 Å². The number of esters is 1. The largest absolute Gasteiger partial charge is 0.467 e. The van der Waals surface area contributed by atoms with Crippen molar-refractivity contribution in [2.24, 2.45) is 0 Å². The lowest BCUT2D eigenvalue weighted by atomic mass is 10.1. The molecule has 0 aliphatic carbocycles. The van der Waals surface area contributed by atoms with E-state index in [9.17, 15) is 9.59 Å². The third kappa shape index (κ3) is 8.09. The highest BCUT2D eigenvalue weighted by atomic mass is 28.4. The van der Waals surface area contributed by atoms with Crippen LogP contribution in [0, 0.1) is 0 Å². The smallest absolute Gasteiger partial charge is 0.411 e. The van der Waals surface area contributed by atoms with Gasteiger partial charge in [-0.2, -0.15) is 0 Å². The van der Waals surface area contributed by atoms with Gasteiger partial charge in [0, 0.05) is 0 Å². The van der Waals surface area contributed by atoms with E-state index in [1.54, 1.807) is 26.8 Å². The first-order valence-corrected chi connectivity index (χ1v) is 13.9. The molecule has 0 saturated heterocycles. The van der Waals surface area contributed by atoms with Gasteiger partial charge in [-0.15, -0.1) is 6.58 Å². The van der Waals surface area contributed by atoms with Crippen LogP contribution in [0.1, 0.15) is 53.5 Å². The Morgan fingerprint density at radius 1 is 1.09 bits per heavy atom. The molecule has 0 unspecified atom stereocenters. The predicted octanol–water partition coefficient (Wildman–Crippen LogP) is 5.93. The summed E-state index contributed by atoms with van der Waals surface area (Å²) in [5.41, 5.74) is 0.151. The van der Waals surface area contributed by atoms with Crippen molar-refractivity contribution < 1.29 is 23.5 Å². The second-order valence-electron chi connectivity index (χ2n) is 10.5. The van der Waals surface area contributed by atoms with E-state index in [1.807, 2.05) is 30.3 Å². The van der Waals surface area contributed by atoms with E-state index in [-0.39, 0.29) is 11.6 Å². The molecule has 0 aliphatic heterocycles. The molecule has 0 fully saturated rings. The highest BCUT2D eigenvalue weighted by Gasteiger charge is 2.45. The Morgan fingerprint density at radius 3 is 2.09 bits per heavy atom. The van der Waals surface area contributed by atoms with Gasteiger partial charge >= 0.3 is 12.1 Å². The Hall–Kier alpha value is -2.12. The SMILES string of the molecule is C=CC[C@H](O[Si](C)(C)C(C)(C)C)[C@@H](C(=O)OC)N(Cc1ccccc1)C(=O)OC(C)(C)C. The summed E-state index contributed by atoms with van der Waals surface area (Å²) in [6.45, 7) is 20.1. The van der Waals surface area contributed by atoms with E-state index < -0.39 is 38.1 Å². The van der Waals surface area contributed by atoms with Crippen LogP contribution < -0.4 is 0 Å². The van der Waals surface area contributed by atoms with Crippen LogP contribution in [-0.2, 0) is 25.2 Å². The lowest BCUT2D eigenvalue weighted by molar-refractivity contribution is -0.151. The number of carbonyl (C=O) groups is 2. The summed E-state index contributed by atoms with van der Waals surface area (Å²) in [5, 5.41) is -0.0801. The maximum atomic E-state index is 13.3. The summed E-state index contributed by atoms with van der Waals surface area (Å²) in [5.74, 6) is -0.544. The normalized spacial score (nSPS) is 14.3. The minimum atomic E-state index is -2.28. The summed E-state index contributed by atoms with van der Waals surface area (Å²) in [7, 11) is -0.959. The molecule has 0 heterocycles. The number of methoxy groups -OCH3 is 1. The molecular weight excluding hydrogens is 422 g/mol. The van der Waals surface area contributed by atoms with Gasteiger partial charge in [-0.3, -0.25) is 4.90 Å². The van der Waals surface area contributed by atoms with Crippen molar-refractivity contribution in [3.05, 3.63) is 48.6 Å². The molecule has 1 aromatic carbocycles. The molecule has 1 amide bonds. The van der Waals surface area contributed by atoms with Gasteiger partial charge in [0.15, 0.2) is 14.4 Å². The molecule has 1 aromatic rings. The van der Waals surface area contributed by atoms with Crippen molar-refractivity contribution in [2.75, 3.05) is 7.11 Å². The lowest BCUT2D eigenvalue weighted by Crippen LogP contribution is -2.57. The Morgan fingerprint density at radius 2 is 1.66 bits per heavy atom. The number of amides is 1. The van der Waals surface area contributed by atoms with Crippen LogP contribution in [0.5, 0.6) is 0 Å². The molecule has 0 aromatic heterocycles. The number of benzene rings is 1. The standard InChI is InChI=1S/C25H41NO5Si/c1-11-15-20(31-32(9,10)25(5,6)7)21(22(27)29-8)26(23(28)30-24(2,3)4)18-19-16-13-12-14-17-19/h11-14,16-17,20-21H,1,15,18H2,2-10H3/t20-,21-/m0/s1. The molecule has 180 valence electrons. The summed E-state index contributed by atoms with van der Waals surface area (Å²) in [6.07, 6.45) is 0.894. The van der Waals surface area contributed by atoms with E-state index in [0.29, 0.717) is 6.42 Å². The molecule has 0 spiro atoms. The van der Waals surface area contributed by atoms with E-state index in [0.717, 1.165) is 5.56 Å². The lowest BCUT2D eigenvalue weighted by Gasteiger charge is -2.43. The molecule has 2 atom stereocenters. The number of hydrogen-bond acceptors (Lipinski definition) is 5. The first kappa shape index (κ1) is 27.9. The zero-order valence-electron chi connectivity index (χ0n) is 21.2. The monoisotopic (exact) mass is 463 g/mol. The van der Waals surface area contributed by atoms with Crippen LogP contribution >= 0.6 is 0 Å². The van der Waals surface area contributed by atoms with Crippen molar-refractivity contribution in [1.82, 2.24) is 4.90 Å². The van der Waals surface area contributed by atoms with Crippen molar-refractivity contribution >= 4 is 20.4 Å². The molecule has 0 bridgehead atoms. The number of nitrogens with zero attached hydrogens (tertiary/aromatic N) is 1. The summed E-state index contributed by atoms with van der Waals surface area (Å²) in [6, 6.07) is 8.51. The highest BCUT2D eigenvalue weighted by Crippen LogP contribution is 2.38. The van der Waals surface area contributed by atoms with Crippen molar-refractivity contribution in [3.8, 4) is 0 Å². The molecule has 0 N–H and O–H groups in total. The van der Waals surface area contributed by atoms with E-state index in [2.05, 4.69) is 40.4 Å². The Balaban J connectivity index is 3.51. The van der Waals surface area contributed by atoms with Crippen molar-refractivity contribution in [2.45, 2.75) is 90.4 Å². The third-order valence-corrected chi connectivity index (χ3v) is 10.1. The van der Waals surface area contributed by atoms with Crippen molar-refractivity contribution in [1.29, 1.82) is 0 Å². The highest BCUT2D eigenvalue weighted by molar-refractivity contribution is 6.74. The fourth-order valence-corrected chi connectivity index (χ4v) is 4.27. The predicted molar refractivity (Wildman–Crippen MR) is 131 cm³/mol. The molecule has 0 aliphatic rings. The van der Waals surface area contributed by atoms with E-state index >= 15 is 0 Å². The number of rotatable bonds is 9. The summed E-state index contributed by atoms with van der Waals surface area (Å²) in [4.78, 5) is 27.8. The molecule has 0 saturated carbocycles. The van der Waals surface area contributed by atoms with Gasteiger partial charge in [-0.1, -0.05) is 57.2 Å². The average Bonchev–Trinajstić information content (AvgIpc) is 2.65. The van der Waals surface area contributed by atoms with Gasteiger partial charge in [-0.05, 0) is 50.9 Å². The molecule has 32 heavy (non-hydrogen) atoms. The van der Waals surface area contributed by atoms with Crippen molar-refractivity contribution in [3.63, 3.8) is 0 Å². The topological polar surface area (TPSA) is 65.1 Å².